The minimum atomic E-state index is -0.809. The standard InChI is InChI=1S/C9H17NO2/c1-4-7(2)9(3,6-10)5-8(11)12/h4,7H,1,5-6,10H2,2-3H3,(H,11,12)/t7?,9-/m0/s1. The highest BCUT2D eigenvalue weighted by Crippen LogP contribution is 2.30. The average Bonchev–Trinajstić information content (AvgIpc) is 2.01. The molecule has 0 aliphatic heterocycles. The van der Waals surface area contributed by atoms with E-state index >= 15 is 0 Å². The first-order valence-electron chi connectivity index (χ1n) is 4.00. The van der Waals surface area contributed by atoms with Crippen molar-refractivity contribution in [1.82, 2.24) is 0 Å². The lowest BCUT2D eigenvalue weighted by Crippen LogP contribution is -2.35. The maximum absolute atomic E-state index is 10.5. The van der Waals surface area contributed by atoms with Gasteiger partial charge < -0.3 is 10.8 Å². The molecule has 0 rings (SSSR count). The molecule has 1 unspecified atom stereocenters. The number of nitrogens with two attached hydrogens (primary N) is 1. The summed E-state index contributed by atoms with van der Waals surface area (Å²) in [5.74, 6) is -0.685. The van der Waals surface area contributed by atoms with Crippen LogP contribution in [0.15, 0.2) is 12.7 Å². The van der Waals surface area contributed by atoms with Crippen molar-refractivity contribution in [2.75, 3.05) is 6.54 Å². The van der Waals surface area contributed by atoms with Gasteiger partial charge in [-0.05, 0) is 17.9 Å². The predicted octanol–water partition coefficient (Wildman–Crippen LogP) is 1.25. The molecule has 0 fully saturated rings. The van der Waals surface area contributed by atoms with Crippen molar-refractivity contribution in [2.45, 2.75) is 20.3 Å². The Morgan fingerprint density at radius 1 is 1.83 bits per heavy atom. The second kappa shape index (κ2) is 4.26. The molecule has 0 saturated carbocycles. The molecule has 0 bridgehead atoms. The highest BCUT2D eigenvalue weighted by Gasteiger charge is 2.30. The van der Waals surface area contributed by atoms with Crippen LogP contribution in [0.25, 0.3) is 0 Å². The number of aliphatic carboxylic acids is 1. The molecule has 0 saturated heterocycles. The van der Waals surface area contributed by atoms with E-state index in [1.165, 1.54) is 0 Å². The van der Waals surface area contributed by atoms with Crippen LogP contribution in [0.4, 0.5) is 0 Å². The highest BCUT2D eigenvalue weighted by atomic mass is 16.4. The van der Waals surface area contributed by atoms with Gasteiger partial charge in [-0.15, -0.1) is 6.58 Å². The SMILES string of the molecule is C=CC(C)[C@](C)(CN)CC(=O)O. The maximum atomic E-state index is 10.5. The number of carboxylic acids is 1. The zero-order valence-electron chi connectivity index (χ0n) is 7.71. The second-order valence-electron chi connectivity index (χ2n) is 3.45. The Bertz CT molecular complexity index is 179. The summed E-state index contributed by atoms with van der Waals surface area (Å²) in [6, 6.07) is 0. The van der Waals surface area contributed by atoms with Crippen LogP contribution >= 0.6 is 0 Å². The van der Waals surface area contributed by atoms with E-state index < -0.39 is 5.97 Å². The summed E-state index contributed by atoms with van der Waals surface area (Å²) in [5.41, 5.74) is 5.15. The van der Waals surface area contributed by atoms with E-state index in [4.69, 9.17) is 10.8 Å². The molecule has 0 heterocycles. The molecule has 0 aliphatic rings. The van der Waals surface area contributed by atoms with E-state index in [1.54, 1.807) is 6.08 Å². The van der Waals surface area contributed by atoms with Gasteiger partial charge in [0.2, 0.25) is 0 Å². The van der Waals surface area contributed by atoms with Crippen molar-refractivity contribution in [3.63, 3.8) is 0 Å². The third-order valence-corrected chi connectivity index (χ3v) is 2.47. The molecule has 0 radical (unpaired) electrons. The molecular weight excluding hydrogens is 154 g/mol. The van der Waals surface area contributed by atoms with Crippen molar-refractivity contribution in [1.29, 1.82) is 0 Å². The Morgan fingerprint density at radius 2 is 2.33 bits per heavy atom. The van der Waals surface area contributed by atoms with Crippen LogP contribution in [0.3, 0.4) is 0 Å². The Kier molecular flexibility index (Phi) is 3.96. The molecule has 0 aromatic rings. The second-order valence-corrected chi connectivity index (χ2v) is 3.45. The zero-order chi connectivity index (χ0) is 9.78. The monoisotopic (exact) mass is 171 g/mol. The zero-order valence-corrected chi connectivity index (χ0v) is 7.71. The van der Waals surface area contributed by atoms with Crippen molar-refractivity contribution in [2.24, 2.45) is 17.1 Å². The fraction of sp³-hybridized carbons (Fsp3) is 0.667. The lowest BCUT2D eigenvalue weighted by molar-refractivity contribution is -0.139. The molecule has 0 aliphatic carbocycles. The summed E-state index contributed by atoms with van der Waals surface area (Å²) < 4.78 is 0. The van der Waals surface area contributed by atoms with E-state index in [2.05, 4.69) is 6.58 Å². The van der Waals surface area contributed by atoms with Gasteiger partial charge in [0.15, 0.2) is 0 Å². The van der Waals surface area contributed by atoms with Gasteiger partial charge in [0.1, 0.15) is 0 Å². The lowest BCUT2D eigenvalue weighted by Gasteiger charge is -2.30. The quantitative estimate of drug-likeness (QED) is 0.612. The van der Waals surface area contributed by atoms with Crippen molar-refractivity contribution < 1.29 is 9.90 Å². The summed E-state index contributed by atoms with van der Waals surface area (Å²) in [7, 11) is 0. The molecular formula is C9H17NO2. The average molecular weight is 171 g/mol. The Morgan fingerprint density at radius 3 is 2.58 bits per heavy atom. The number of allylic oxidation sites excluding steroid dienone is 1. The van der Waals surface area contributed by atoms with Gasteiger partial charge in [0.25, 0.3) is 0 Å². The predicted molar refractivity (Wildman–Crippen MR) is 48.8 cm³/mol. The van der Waals surface area contributed by atoms with Crippen LogP contribution in [0.5, 0.6) is 0 Å². The van der Waals surface area contributed by atoms with Crippen LogP contribution in [-0.4, -0.2) is 17.6 Å². The molecule has 0 aromatic carbocycles. The van der Waals surface area contributed by atoms with Gasteiger partial charge in [0.05, 0.1) is 6.42 Å². The van der Waals surface area contributed by atoms with Gasteiger partial charge >= 0.3 is 5.97 Å². The third-order valence-electron chi connectivity index (χ3n) is 2.47. The van der Waals surface area contributed by atoms with Gasteiger partial charge in [-0.2, -0.15) is 0 Å². The Balaban J connectivity index is 4.42. The number of rotatable bonds is 5. The molecule has 3 N–H and O–H groups in total. The van der Waals surface area contributed by atoms with E-state index in [1.807, 2.05) is 13.8 Å². The fourth-order valence-corrected chi connectivity index (χ4v) is 1.05. The summed E-state index contributed by atoms with van der Waals surface area (Å²) in [4.78, 5) is 10.5. The normalized spacial score (nSPS) is 17.9. The molecule has 0 amide bonds. The molecule has 0 spiro atoms. The fourth-order valence-electron chi connectivity index (χ4n) is 1.05. The molecule has 12 heavy (non-hydrogen) atoms. The van der Waals surface area contributed by atoms with E-state index in [-0.39, 0.29) is 17.8 Å². The minimum Gasteiger partial charge on any atom is -0.481 e. The largest absolute Gasteiger partial charge is 0.481 e. The first-order valence-corrected chi connectivity index (χ1v) is 4.00. The lowest BCUT2D eigenvalue weighted by atomic mass is 9.75. The molecule has 2 atom stereocenters. The Hall–Kier alpha value is -0.830. The van der Waals surface area contributed by atoms with Crippen LogP contribution in [0.1, 0.15) is 20.3 Å². The van der Waals surface area contributed by atoms with Gasteiger partial charge in [-0.1, -0.05) is 19.9 Å². The highest BCUT2D eigenvalue weighted by molar-refractivity contribution is 5.67. The third kappa shape index (κ3) is 2.66. The first-order chi connectivity index (χ1) is 5.46. The minimum absolute atomic E-state index is 0.0939. The number of hydrogen-bond acceptors (Lipinski definition) is 2. The molecule has 70 valence electrons. The van der Waals surface area contributed by atoms with Gasteiger partial charge in [-0.25, -0.2) is 0 Å². The number of hydrogen-bond donors (Lipinski definition) is 2. The first kappa shape index (κ1) is 11.2. The van der Waals surface area contributed by atoms with Crippen LogP contribution in [0, 0.1) is 11.3 Å². The van der Waals surface area contributed by atoms with Gasteiger partial charge in [0, 0.05) is 0 Å². The van der Waals surface area contributed by atoms with Crippen LogP contribution in [0.2, 0.25) is 0 Å². The summed E-state index contributed by atoms with van der Waals surface area (Å²) in [6.45, 7) is 7.80. The van der Waals surface area contributed by atoms with E-state index in [0.717, 1.165) is 0 Å². The molecule has 0 aromatic heterocycles. The van der Waals surface area contributed by atoms with E-state index in [9.17, 15) is 4.79 Å². The van der Waals surface area contributed by atoms with Crippen LogP contribution < -0.4 is 5.73 Å². The van der Waals surface area contributed by atoms with Crippen molar-refractivity contribution >= 4 is 5.97 Å². The topological polar surface area (TPSA) is 63.3 Å². The number of carboxylic acid groups (broad SMARTS) is 1. The van der Waals surface area contributed by atoms with Crippen molar-refractivity contribution in [3.8, 4) is 0 Å². The molecule has 3 heteroatoms. The van der Waals surface area contributed by atoms with Crippen LogP contribution in [-0.2, 0) is 4.79 Å². The summed E-state index contributed by atoms with van der Waals surface area (Å²) >= 11 is 0. The van der Waals surface area contributed by atoms with Crippen molar-refractivity contribution in [3.05, 3.63) is 12.7 Å². The van der Waals surface area contributed by atoms with Gasteiger partial charge in [-0.3, -0.25) is 4.79 Å². The summed E-state index contributed by atoms with van der Waals surface area (Å²) in [6.07, 6.45) is 1.84. The smallest absolute Gasteiger partial charge is 0.303 e. The van der Waals surface area contributed by atoms with E-state index in [0.29, 0.717) is 6.54 Å². The molecule has 3 nitrogen and oxygen atoms in total. The maximum Gasteiger partial charge on any atom is 0.303 e. The Labute approximate surface area is 73.3 Å². The summed E-state index contributed by atoms with van der Waals surface area (Å²) in [5, 5.41) is 8.63. The number of carbonyl (C=O) groups is 1.